The third-order valence-electron chi connectivity index (χ3n) is 15.1. The summed E-state index contributed by atoms with van der Waals surface area (Å²) in [7, 11) is -9.88. The van der Waals surface area contributed by atoms with Gasteiger partial charge in [0.05, 0.1) is 26.4 Å². The summed E-state index contributed by atoms with van der Waals surface area (Å²) in [4.78, 5) is 72.0. The number of esters is 4. The lowest BCUT2D eigenvalue weighted by Crippen LogP contribution is -2.30. The fourth-order valence-corrected chi connectivity index (χ4v) is 11.4. The molecule has 0 radical (unpaired) electrons. The summed E-state index contributed by atoms with van der Waals surface area (Å²) in [6.45, 7) is 4.83. The summed E-state index contributed by atoms with van der Waals surface area (Å²) in [5.41, 5.74) is 0. The Kier molecular flexibility index (Phi) is 58.6. The van der Waals surface area contributed by atoms with Crippen LogP contribution in [0.1, 0.15) is 336 Å². The van der Waals surface area contributed by atoms with E-state index in [-0.39, 0.29) is 25.7 Å². The van der Waals surface area contributed by atoms with Crippen molar-refractivity contribution in [1.82, 2.24) is 0 Å². The predicted molar refractivity (Wildman–Crippen MR) is 335 cm³/mol. The Hall–Kier alpha value is -1.94. The van der Waals surface area contributed by atoms with Gasteiger partial charge >= 0.3 is 39.5 Å². The molecule has 0 aliphatic carbocycles. The van der Waals surface area contributed by atoms with E-state index in [1.807, 2.05) is 0 Å². The van der Waals surface area contributed by atoms with Crippen LogP contribution in [0, 0.1) is 0 Å². The first kappa shape index (κ1) is 82.1. The van der Waals surface area contributed by atoms with Crippen molar-refractivity contribution in [1.29, 1.82) is 0 Å². The molecule has 498 valence electrons. The molecule has 19 heteroatoms. The monoisotopic (exact) mass is 1240 g/mol. The summed E-state index contributed by atoms with van der Waals surface area (Å²) in [6, 6.07) is 0. The van der Waals surface area contributed by atoms with Crippen LogP contribution in [-0.2, 0) is 65.4 Å². The highest BCUT2D eigenvalue weighted by atomic mass is 31.2. The van der Waals surface area contributed by atoms with Crippen molar-refractivity contribution >= 4 is 39.5 Å². The van der Waals surface area contributed by atoms with Crippen LogP contribution in [0.5, 0.6) is 0 Å². The van der Waals surface area contributed by atoms with Gasteiger partial charge in [-0.3, -0.25) is 37.3 Å². The van der Waals surface area contributed by atoms with Gasteiger partial charge in [-0.05, 0) is 25.7 Å². The zero-order valence-electron chi connectivity index (χ0n) is 53.9. The zero-order valence-corrected chi connectivity index (χ0v) is 55.7. The molecule has 0 aliphatic rings. The lowest BCUT2D eigenvalue weighted by atomic mass is 10.0. The molecular weight excluding hydrogens is 1110 g/mol. The van der Waals surface area contributed by atoms with E-state index in [2.05, 4.69) is 27.7 Å². The van der Waals surface area contributed by atoms with E-state index >= 15 is 0 Å². The van der Waals surface area contributed by atoms with Crippen molar-refractivity contribution in [2.75, 3.05) is 39.6 Å². The maximum atomic E-state index is 13.0. The number of aliphatic hydroxyl groups excluding tert-OH is 1. The van der Waals surface area contributed by atoms with Crippen molar-refractivity contribution in [3.63, 3.8) is 0 Å². The van der Waals surface area contributed by atoms with E-state index in [1.54, 1.807) is 0 Å². The SMILES string of the molecule is CCCCCCCCCCCCCCCCCCCC(=O)O[C@H](COC(=O)CCCCCCCCCCCCCCC)COP(=O)(O)OC[C@@H](O)COP(=O)(O)OC[C@@H](COC(=O)CCCCCCCCC)OC(=O)CCCCCCCCC. The normalized spacial score (nSPS) is 14.1. The minimum atomic E-state index is -4.94. The fourth-order valence-electron chi connectivity index (χ4n) is 9.81. The average molecular weight is 1240 g/mol. The standard InChI is InChI=1S/C65H126O17P2/c1-5-9-13-17-21-23-25-27-28-29-30-32-34-36-40-44-48-52-65(70)82-61(56-76-63(68)50-46-42-39-35-33-31-26-24-22-18-14-10-6-2)58-80-84(73,74)78-54-59(66)53-77-83(71,72)79-57-60(81-64(69)51-47-43-38-20-16-12-8-4)55-75-62(67)49-45-41-37-19-15-11-7-3/h59-61,66H,5-58H2,1-4H3,(H,71,72)(H,73,74)/t59-,60+,61+/m0/s1. The van der Waals surface area contributed by atoms with Crippen LogP contribution in [0.25, 0.3) is 0 Å². The van der Waals surface area contributed by atoms with Crippen LogP contribution in [0.3, 0.4) is 0 Å². The van der Waals surface area contributed by atoms with Gasteiger partial charge in [0.15, 0.2) is 12.2 Å². The molecule has 17 nitrogen and oxygen atoms in total. The molecule has 5 atom stereocenters. The van der Waals surface area contributed by atoms with E-state index in [9.17, 15) is 43.2 Å². The second-order valence-electron chi connectivity index (χ2n) is 23.5. The molecule has 0 aromatic rings. The summed E-state index contributed by atoms with van der Waals surface area (Å²) in [6.07, 6.45) is 46.1. The topological polar surface area (TPSA) is 237 Å². The summed E-state index contributed by atoms with van der Waals surface area (Å²) in [5, 5.41) is 10.5. The van der Waals surface area contributed by atoms with Crippen molar-refractivity contribution in [3.05, 3.63) is 0 Å². The first-order valence-corrected chi connectivity index (χ1v) is 37.3. The molecule has 0 spiro atoms. The highest BCUT2D eigenvalue weighted by Crippen LogP contribution is 2.45. The fraction of sp³-hybridized carbons (Fsp3) is 0.938. The van der Waals surface area contributed by atoms with Crippen molar-refractivity contribution in [2.45, 2.75) is 354 Å². The van der Waals surface area contributed by atoms with E-state index in [0.717, 1.165) is 116 Å². The Bertz CT molecular complexity index is 1620. The number of phosphoric acid groups is 2. The quantitative estimate of drug-likeness (QED) is 0.0222. The lowest BCUT2D eigenvalue weighted by molar-refractivity contribution is -0.161. The second kappa shape index (κ2) is 60.0. The summed E-state index contributed by atoms with van der Waals surface area (Å²) < 4.78 is 67.9. The number of rotatable bonds is 66. The minimum Gasteiger partial charge on any atom is -0.462 e. The predicted octanol–water partition coefficient (Wildman–Crippen LogP) is 18.3. The number of carbonyl (C=O) groups excluding carboxylic acids is 4. The largest absolute Gasteiger partial charge is 0.472 e. The van der Waals surface area contributed by atoms with Crippen LogP contribution in [0.2, 0.25) is 0 Å². The number of carbonyl (C=O) groups is 4. The van der Waals surface area contributed by atoms with Crippen LogP contribution in [0.4, 0.5) is 0 Å². The molecular formula is C65H126O17P2. The Morgan fingerprint density at radius 3 is 0.702 bits per heavy atom. The number of phosphoric ester groups is 2. The van der Waals surface area contributed by atoms with Gasteiger partial charge in [0, 0.05) is 25.7 Å². The molecule has 84 heavy (non-hydrogen) atoms. The van der Waals surface area contributed by atoms with Gasteiger partial charge in [-0.2, -0.15) is 0 Å². The number of hydrogen-bond donors (Lipinski definition) is 3. The van der Waals surface area contributed by atoms with Gasteiger partial charge in [0.2, 0.25) is 0 Å². The van der Waals surface area contributed by atoms with Crippen LogP contribution < -0.4 is 0 Å². The van der Waals surface area contributed by atoms with Crippen LogP contribution in [0.15, 0.2) is 0 Å². The Balaban J connectivity index is 5.16. The Morgan fingerprint density at radius 1 is 0.286 bits per heavy atom. The van der Waals surface area contributed by atoms with E-state index in [1.165, 1.54) is 141 Å². The number of ether oxygens (including phenoxy) is 4. The van der Waals surface area contributed by atoms with Gasteiger partial charge in [-0.1, -0.05) is 285 Å². The molecule has 0 fully saturated rings. The smallest absolute Gasteiger partial charge is 0.462 e. The van der Waals surface area contributed by atoms with Gasteiger partial charge in [-0.15, -0.1) is 0 Å². The minimum absolute atomic E-state index is 0.104. The number of unbranched alkanes of at least 4 members (excludes halogenated alkanes) is 40. The van der Waals surface area contributed by atoms with E-state index < -0.39 is 97.5 Å². The van der Waals surface area contributed by atoms with Crippen LogP contribution in [-0.4, -0.2) is 96.7 Å². The van der Waals surface area contributed by atoms with Crippen molar-refractivity contribution < 1.29 is 80.2 Å². The molecule has 0 heterocycles. The van der Waals surface area contributed by atoms with Gasteiger partial charge in [0.25, 0.3) is 0 Å². The third-order valence-corrected chi connectivity index (χ3v) is 17.0. The zero-order chi connectivity index (χ0) is 61.9. The summed E-state index contributed by atoms with van der Waals surface area (Å²) >= 11 is 0. The van der Waals surface area contributed by atoms with E-state index in [0.29, 0.717) is 25.7 Å². The Morgan fingerprint density at radius 2 is 0.476 bits per heavy atom. The average Bonchev–Trinajstić information content (AvgIpc) is 3.50. The number of aliphatic hydroxyl groups is 1. The molecule has 0 amide bonds. The van der Waals surface area contributed by atoms with Crippen LogP contribution >= 0.6 is 15.6 Å². The lowest BCUT2D eigenvalue weighted by Gasteiger charge is -2.21. The molecule has 3 N–H and O–H groups in total. The maximum Gasteiger partial charge on any atom is 0.472 e. The molecule has 0 aromatic carbocycles. The molecule has 0 aliphatic heterocycles. The molecule has 0 aromatic heterocycles. The Labute approximate surface area is 511 Å². The van der Waals surface area contributed by atoms with Gasteiger partial charge in [0.1, 0.15) is 19.3 Å². The molecule has 0 saturated heterocycles. The van der Waals surface area contributed by atoms with E-state index in [4.69, 9.17) is 37.0 Å². The third kappa shape index (κ3) is 59.0. The second-order valence-corrected chi connectivity index (χ2v) is 26.4. The maximum absolute atomic E-state index is 13.0. The number of hydrogen-bond acceptors (Lipinski definition) is 15. The highest BCUT2D eigenvalue weighted by Gasteiger charge is 2.30. The summed E-state index contributed by atoms with van der Waals surface area (Å²) in [5.74, 6) is -2.14. The first-order valence-electron chi connectivity index (χ1n) is 34.3. The van der Waals surface area contributed by atoms with Crippen molar-refractivity contribution in [3.8, 4) is 0 Å². The van der Waals surface area contributed by atoms with Crippen molar-refractivity contribution in [2.24, 2.45) is 0 Å². The van der Waals surface area contributed by atoms with Gasteiger partial charge < -0.3 is 33.8 Å². The highest BCUT2D eigenvalue weighted by molar-refractivity contribution is 7.47. The first-order chi connectivity index (χ1) is 40.7. The van der Waals surface area contributed by atoms with Gasteiger partial charge in [-0.25, -0.2) is 9.13 Å². The molecule has 2 unspecified atom stereocenters. The molecule has 0 saturated carbocycles. The molecule has 0 rings (SSSR count). The molecule has 0 bridgehead atoms.